The lowest BCUT2D eigenvalue weighted by Gasteiger charge is -2.23. The Morgan fingerprint density at radius 3 is 2.39 bits per heavy atom. The van der Waals surface area contributed by atoms with E-state index >= 15 is 0 Å². The molecule has 3 aromatic rings. The summed E-state index contributed by atoms with van der Waals surface area (Å²) in [7, 11) is 3.92. The molecule has 0 bridgehead atoms. The van der Waals surface area contributed by atoms with Gasteiger partial charge in [-0.05, 0) is 32.1 Å². The zero-order valence-corrected chi connectivity index (χ0v) is 14.0. The van der Waals surface area contributed by atoms with Crippen molar-refractivity contribution in [3.05, 3.63) is 71.9 Å². The number of H-pyrrole nitrogens is 1. The molecule has 1 aromatic heterocycles. The summed E-state index contributed by atoms with van der Waals surface area (Å²) >= 11 is 0. The number of hydrogen-bond acceptors (Lipinski definition) is 2. The summed E-state index contributed by atoms with van der Waals surface area (Å²) < 4.78 is 0. The third kappa shape index (κ3) is 3.63. The summed E-state index contributed by atoms with van der Waals surface area (Å²) in [6.07, 6.45) is 2.54. The highest BCUT2D eigenvalue weighted by molar-refractivity contribution is 6.10. The first-order chi connectivity index (χ1) is 10.7. The number of nitrogens with one attached hydrogen (secondary N) is 1. The van der Waals surface area contributed by atoms with Gasteiger partial charge in [-0.1, -0.05) is 48.5 Å². The topological polar surface area (TPSA) is 36.1 Å². The minimum atomic E-state index is -0.165. The van der Waals surface area contributed by atoms with Gasteiger partial charge in [0, 0.05) is 22.7 Å². The number of likely N-dealkylation sites (N-methyl/N-ethyl adjacent to an activating group) is 1. The Morgan fingerprint density at radius 2 is 1.70 bits per heavy atom. The van der Waals surface area contributed by atoms with E-state index in [1.165, 1.54) is 5.56 Å². The number of benzene rings is 2. The van der Waals surface area contributed by atoms with E-state index in [1.807, 2.05) is 67.7 Å². The highest BCUT2D eigenvalue weighted by Crippen LogP contribution is 2.21. The van der Waals surface area contributed by atoms with Crippen molar-refractivity contribution in [2.24, 2.45) is 0 Å². The normalized spacial score (nSPS) is 12.1. The number of Topliss-reactive ketones (excluding diaryl/α,β-unsaturated/α-hetero) is 1. The van der Waals surface area contributed by atoms with Crippen LogP contribution in [0, 0.1) is 0 Å². The lowest BCUT2D eigenvalue weighted by Crippen LogP contribution is -3.00. The fourth-order valence-electron chi connectivity index (χ4n) is 2.80. The van der Waals surface area contributed by atoms with Crippen molar-refractivity contribution in [1.82, 2.24) is 9.88 Å². The zero-order chi connectivity index (χ0) is 15.5. The van der Waals surface area contributed by atoms with Gasteiger partial charge >= 0.3 is 0 Å². The van der Waals surface area contributed by atoms with Crippen molar-refractivity contribution in [3.63, 3.8) is 0 Å². The molecule has 1 atom stereocenters. The monoisotopic (exact) mass is 327 g/mol. The molecular formula is C19H20ClN2O-. The minimum Gasteiger partial charge on any atom is -1.00 e. The molecule has 120 valence electrons. The summed E-state index contributed by atoms with van der Waals surface area (Å²) in [6.45, 7) is 0. The number of aromatic nitrogens is 1. The lowest BCUT2D eigenvalue weighted by atomic mass is 9.96. The number of halogens is 1. The Balaban J connectivity index is 0.00000192. The molecule has 0 radical (unpaired) electrons. The van der Waals surface area contributed by atoms with Gasteiger partial charge in [0.05, 0.1) is 6.04 Å². The maximum Gasteiger partial charge on any atom is 0.182 e. The first-order valence-electron chi connectivity index (χ1n) is 7.47. The molecule has 1 heterocycles. The van der Waals surface area contributed by atoms with Crippen LogP contribution in [0.5, 0.6) is 0 Å². The maximum atomic E-state index is 13.0. The van der Waals surface area contributed by atoms with Crippen LogP contribution in [0.2, 0.25) is 0 Å². The minimum absolute atomic E-state index is 0. The molecule has 3 rings (SSSR count). The van der Waals surface area contributed by atoms with E-state index < -0.39 is 0 Å². The molecule has 23 heavy (non-hydrogen) atoms. The van der Waals surface area contributed by atoms with E-state index in [4.69, 9.17) is 0 Å². The van der Waals surface area contributed by atoms with Crippen LogP contribution in [0.3, 0.4) is 0 Å². The van der Waals surface area contributed by atoms with E-state index in [2.05, 4.69) is 17.1 Å². The third-order valence-electron chi connectivity index (χ3n) is 4.05. The van der Waals surface area contributed by atoms with Gasteiger partial charge in [-0.3, -0.25) is 9.69 Å². The van der Waals surface area contributed by atoms with Gasteiger partial charge in [-0.25, -0.2) is 0 Å². The molecule has 2 aromatic carbocycles. The zero-order valence-electron chi connectivity index (χ0n) is 13.3. The molecule has 0 aliphatic heterocycles. The standard InChI is InChI=1S/C19H20N2O.ClH/c1-21(2)18(12-14-8-4-3-5-9-14)19(22)16-13-20-17-11-7-6-10-15(16)17;/h3-11,13,18,20H,12H2,1-2H3;1H/p-1. The molecule has 0 aliphatic carbocycles. The predicted octanol–water partition coefficient (Wildman–Crippen LogP) is 0.528. The summed E-state index contributed by atoms with van der Waals surface area (Å²) in [5, 5.41) is 0.993. The van der Waals surface area contributed by atoms with Gasteiger partial charge in [-0.15, -0.1) is 0 Å². The van der Waals surface area contributed by atoms with E-state index in [-0.39, 0.29) is 24.2 Å². The van der Waals surface area contributed by atoms with Crippen LogP contribution in [0.4, 0.5) is 0 Å². The van der Waals surface area contributed by atoms with Gasteiger partial charge in [0.1, 0.15) is 0 Å². The molecular weight excluding hydrogens is 308 g/mol. The highest BCUT2D eigenvalue weighted by Gasteiger charge is 2.24. The van der Waals surface area contributed by atoms with Gasteiger partial charge in [-0.2, -0.15) is 0 Å². The van der Waals surface area contributed by atoms with Crippen molar-refractivity contribution in [2.75, 3.05) is 14.1 Å². The first-order valence-corrected chi connectivity index (χ1v) is 7.47. The van der Waals surface area contributed by atoms with Crippen molar-refractivity contribution in [1.29, 1.82) is 0 Å². The van der Waals surface area contributed by atoms with Crippen molar-refractivity contribution in [3.8, 4) is 0 Å². The maximum absolute atomic E-state index is 13.0. The summed E-state index contributed by atoms with van der Waals surface area (Å²) in [5.74, 6) is 0.159. The number of ketones is 1. The van der Waals surface area contributed by atoms with Crippen LogP contribution in [0.15, 0.2) is 60.8 Å². The molecule has 0 aliphatic rings. The Kier molecular flexibility index (Phi) is 5.59. The molecule has 4 heteroatoms. The van der Waals surface area contributed by atoms with E-state index in [1.54, 1.807) is 0 Å². The molecule has 0 saturated heterocycles. The number of carbonyl (C=O) groups excluding carboxylic acids is 1. The lowest BCUT2D eigenvalue weighted by molar-refractivity contribution is -0.0000129. The number of aromatic amines is 1. The Hall–Kier alpha value is -2.10. The second kappa shape index (κ2) is 7.44. The SMILES string of the molecule is CN(C)C(Cc1ccccc1)C(=O)c1c[nH]c2ccccc12.[Cl-]. The number of fused-ring (bicyclic) bond motifs is 1. The van der Waals surface area contributed by atoms with Gasteiger partial charge in [0.15, 0.2) is 5.78 Å². The van der Waals surface area contributed by atoms with Crippen LogP contribution in [0.1, 0.15) is 15.9 Å². The molecule has 1 unspecified atom stereocenters. The third-order valence-corrected chi connectivity index (χ3v) is 4.05. The highest BCUT2D eigenvalue weighted by atomic mass is 35.5. The average molecular weight is 328 g/mol. The van der Waals surface area contributed by atoms with Crippen molar-refractivity contribution >= 4 is 16.7 Å². The molecule has 3 nitrogen and oxygen atoms in total. The molecule has 0 saturated carbocycles. The summed E-state index contributed by atoms with van der Waals surface area (Å²) in [5.41, 5.74) is 2.95. The number of hydrogen-bond donors (Lipinski definition) is 1. The van der Waals surface area contributed by atoms with E-state index in [9.17, 15) is 4.79 Å². The van der Waals surface area contributed by atoms with Gasteiger partial charge in [0.2, 0.25) is 0 Å². The van der Waals surface area contributed by atoms with Gasteiger partial charge in [0.25, 0.3) is 0 Å². The van der Waals surface area contributed by atoms with E-state index in [0.29, 0.717) is 6.42 Å². The second-order valence-corrected chi connectivity index (χ2v) is 5.78. The molecule has 0 fully saturated rings. The number of para-hydroxylation sites is 1. The molecule has 0 spiro atoms. The largest absolute Gasteiger partial charge is 1.00 e. The second-order valence-electron chi connectivity index (χ2n) is 5.78. The first kappa shape index (κ1) is 17.3. The fourth-order valence-corrected chi connectivity index (χ4v) is 2.80. The predicted molar refractivity (Wildman–Crippen MR) is 90.3 cm³/mol. The number of carbonyl (C=O) groups is 1. The van der Waals surface area contributed by atoms with Crippen LogP contribution in [-0.2, 0) is 6.42 Å². The average Bonchev–Trinajstić information content (AvgIpc) is 2.97. The smallest absolute Gasteiger partial charge is 0.182 e. The summed E-state index contributed by atoms with van der Waals surface area (Å²) in [6, 6.07) is 17.9. The Bertz CT molecular complexity index is 780. The quantitative estimate of drug-likeness (QED) is 0.694. The Morgan fingerprint density at radius 1 is 1.04 bits per heavy atom. The van der Waals surface area contributed by atoms with Crippen LogP contribution >= 0.6 is 0 Å². The van der Waals surface area contributed by atoms with Crippen molar-refractivity contribution in [2.45, 2.75) is 12.5 Å². The van der Waals surface area contributed by atoms with Gasteiger partial charge < -0.3 is 17.4 Å². The number of rotatable bonds is 5. The van der Waals surface area contributed by atoms with Crippen molar-refractivity contribution < 1.29 is 17.2 Å². The fraction of sp³-hybridized carbons (Fsp3) is 0.211. The van der Waals surface area contributed by atoms with Crippen LogP contribution in [-0.4, -0.2) is 35.8 Å². The van der Waals surface area contributed by atoms with E-state index in [0.717, 1.165) is 16.5 Å². The molecule has 0 amide bonds. The van der Waals surface area contributed by atoms with Crippen LogP contribution < -0.4 is 12.4 Å². The Labute approximate surface area is 142 Å². The molecule has 1 N–H and O–H groups in total. The summed E-state index contributed by atoms with van der Waals surface area (Å²) in [4.78, 5) is 18.2. The van der Waals surface area contributed by atoms with Crippen LogP contribution in [0.25, 0.3) is 10.9 Å². The number of nitrogens with zero attached hydrogens (tertiary/aromatic N) is 1.